The quantitative estimate of drug-likeness (QED) is 0.805. The van der Waals surface area contributed by atoms with Gasteiger partial charge in [-0.3, -0.25) is 9.10 Å². The lowest BCUT2D eigenvalue weighted by Gasteiger charge is -2.25. The van der Waals surface area contributed by atoms with Crippen LogP contribution in [0.4, 0.5) is 5.69 Å². The molecule has 1 fully saturated rings. The maximum atomic E-state index is 12.2. The van der Waals surface area contributed by atoms with Crippen molar-refractivity contribution in [2.75, 3.05) is 23.7 Å². The van der Waals surface area contributed by atoms with E-state index >= 15 is 0 Å². The summed E-state index contributed by atoms with van der Waals surface area (Å²) in [7, 11) is -3.52. The molecule has 1 aliphatic carbocycles. The molecule has 0 aromatic heterocycles. The summed E-state index contributed by atoms with van der Waals surface area (Å²) >= 11 is 12.0. The Morgan fingerprint density at radius 3 is 2.50 bits per heavy atom. The highest BCUT2D eigenvalue weighted by Gasteiger charge is 2.23. The molecule has 1 aliphatic rings. The first-order valence-electron chi connectivity index (χ1n) is 7.99. The molecule has 0 saturated heterocycles. The molecule has 0 unspecified atom stereocenters. The fourth-order valence-corrected chi connectivity index (χ4v) is 4.44. The standard InChI is InChI=1S/C16H22Cl2N2O3S/c1-24(22,23)20(15-8-7-13(17)11-14(15)18)10-9-19-16(21)12-5-3-2-4-6-12/h7-8,11-12H,2-6,9-10H2,1H3,(H,19,21). The van der Waals surface area contributed by atoms with E-state index in [0.29, 0.717) is 10.7 Å². The molecule has 24 heavy (non-hydrogen) atoms. The van der Waals surface area contributed by atoms with E-state index in [4.69, 9.17) is 23.2 Å². The van der Waals surface area contributed by atoms with Crippen molar-refractivity contribution in [2.45, 2.75) is 32.1 Å². The molecule has 5 nitrogen and oxygen atoms in total. The number of hydrogen-bond donors (Lipinski definition) is 1. The van der Waals surface area contributed by atoms with Gasteiger partial charge in [0, 0.05) is 17.5 Å². The first-order chi connectivity index (χ1) is 11.3. The summed E-state index contributed by atoms with van der Waals surface area (Å²) in [6, 6.07) is 4.65. The average Bonchev–Trinajstić information content (AvgIpc) is 2.52. The zero-order chi connectivity index (χ0) is 17.7. The smallest absolute Gasteiger partial charge is 0.232 e. The van der Waals surface area contributed by atoms with Crippen molar-refractivity contribution in [1.29, 1.82) is 0 Å². The maximum absolute atomic E-state index is 12.2. The van der Waals surface area contributed by atoms with Crippen LogP contribution in [0.2, 0.25) is 10.0 Å². The van der Waals surface area contributed by atoms with E-state index in [-0.39, 0.29) is 29.9 Å². The van der Waals surface area contributed by atoms with E-state index in [9.17, 15) is 13.2 Å². The minimum Gasteiger partial charge on any atom is -0.354 e. The minimum atomic E-state index is -3.52. The highest BCUT2D eigenvalue weighted by molar-refractivity contribution is 7.92. The summed E-state index contributed by atoms with van der Waals surface area (Å²) in [5.74, 6) is 0.0508. The van der Waals surface area contributed by atoms with Crippen LogP contribution in [0.1, 0.15) is 32.1 Å². The monoisotopic (exact) mass is 392 g/mol. The second-order valence-electron chi connectivity index (χ2n) is 6.06. The lowest BCUT2D eigenvalue weighted by Crippen LogP contribution is -2.40. The van der Waals surface area contributed by atoms with Crippen LogP contribution >= 0.6 is 23.2 Å². The van der Waals surface area contributed by atoms with Gasteiger partial charge in [0.05, 0.1) is 23.5 Å². The maximum Gasteiger partial charge on any atom is 0.232 e. The topological polar surface area (TPSA) is 66.5 Å². The molecule has 0 heterocycles. The molecule has 0 atom stereocenters. The first kappa shape index (κ1) is 19.3. The van der Waals surface area contributed by atoms with Gasteiger partial charge in [0.15, 0.2) is 0 Å². The van der Waals surface area contributed by atoms with E-state index in [1.807, 2.05) is 0 Å². The van der Waals surface area contributed by atoms with Gasteiger partial charge in [-0.25, -0.2) is 8.42 Å². The minimum absolute atomic E-state index is 0.00496. The number of carbonyl (C=O) groups excluding carboxylic acids is 1. The van der Waals surface area contributed by atoms with Crippen LogP contribution in [0.3, 0.4) is 0 Å². The normalized spacial score (nSPS) is 16.0. The Morgan fingerprint density at radius 2 is 1.92 bits per heavy atom. The molecule has 0 radical (unpaired) electrons. The molecule has 1 saturated carbocycles. The van der Waals surface area contributed by atoms with Gasteiger partial charge in [0.25, 0.3) is 0 Å². The molecule has 1 aromatic rings. The number of benzene rings is 1. The predicted molar refractivity (Wildman–Crippen MR) is 98.2 cm³/mol. The van der Waals surface area contributed by atoms with E-state index in [1.165, 1.54) is 16.8 Å². The number of carbonyl (C=O) groups is 1. The van der Waals surface area contributed by atoms with Crippen LogP contribution in [0.5, 0.6) is 0 Å². The average molecular weight is 393 g/mol. The molecule has 1 aromatic carbocycles. The van der Waals surface area contributed by atoms with Crippen LogP contribution in [-0.2, 0) is 14.8 Å². The molecule has 0 aliphatic heterocycles. The third-order valence-corrected chi connectivity index (χ3v) is 5.89. The fourth-order valence-electron chi connectivity index (χ4n) is 2.94. The van der Waals surface area contributed by atoms with Crippen molar-refractivity contribution in [2.24, 2.45) is 5.92 Å². The highest BCUT2D eigenvalue weighted by Crippen LogP contribution is 2.30. The number of hydrogen-bond acceptors (Lipinski definition) is 3. The van der Waals surface area contributed by atoms with Crippen molar-refractivity contribution in [3.63, 3.8) is 0 Å². The van der Waals surface area contributed by atoms with Gasteiger partial charge in [-0.05, 0) is 31.0 Å². The molecule has 1 N–H and O–H groups in total. The van der Waals surface area contributed by atoms with E-state index in [2.05, 4.69) is 5.32 Å². The fraction of sp³-hybridized carbons (Fsp3) is 0.562. The highest BCUT2D eigenvalue weighted by atomic mass is 35.5. The molecule has 1 amide bonds. The van der Waals surface area contributed by atoms with Gasteiger partial charge < -0.3 is 5.32 Å². The third kappa shape index (κ3) is 5.26. The second kappa shape index (κ2) is 8.41. The Hall–Kier alpha value is -0.980. The Labute approximate surface area is 153 Å². The van der Waals surface area contributed by atoms with Gasteiger partial charge in [-0.15, -0.1) is 0 Å². The summed E-state index contributed by atoms with van der Waals surface area (Å²) in [5, 5.41) is 3.53. The predicted octanol–water partition coefficient (Wildman–Crippen LogP) is 3.46. The lowest BCUT2D eigenvalue weighted by molar-refractivity contribution is -0.125. The number of anilines is 1. The Balaban J connectivity index is 2.01. The van der Waals surface area contributed by atoms with Crippen LogP contribution < -0.4 is 9.62 Å². The van der Waals surface area contributed by atoms with Gasteiger partial charge in [-0.1, -0.05) is 42.5 Å². The van der Waals surface area contributed by atoms with Crippen LogP contribution in [0.25, 0.3) is 0 Å². The zero-order valence-corrected chi connectivity index (χ0v) is 15.9. The molecule has 8 heteroatoms. The molecular formula is C16H22Cl2N2O3S. The van der Waals surface area contributed by atoms with Crippen LogP contribution in [-0.4, -0.2) is 33.7 Å². The number of sulfonamides is 1. The van der Waals surface area contributed by atoms with Crippen LogP contribution in [0.15, 0.2) is 18.2 Å². The Morgan fingerprint density at radius 1 is 1.25 bits per heavy atom. The van der Waals surface area contributed by atoms with Gasteiger partial charge in [-0.2, -0.15) is 0 Å². The number of nitrogens with zero attached hydrogens (tertiary/aromatic N) is 1. The summed E-state index contributed by atoms with van der Waals surface area (Å²) in [5.41, 5.74) is 0.357. The summed E-state index contributed by atoms with van der Waals surface area (Å²) in [6.07, 6.45) is 6.26. The SMILES string of the molecule is CS(=O)(=O)N(CCNC(=O)C1CCCCC1)c1ccc(Cl)cc1Cl. The number of rotatable bonds is 6. The summed E-state index contributed by atoms with van der Waals surface area (Å²) in [6.45, 7) is 0.361. The largest absolute Gasteiger partial charge is 0.354 e. The van der Waals surface area contributed by atoms with Crippen molar-refractivity contribution in [3.05, 3.63) is 28.2 Å². The number of nitrogens with one attached hydrogen (secondary N) is 1. The van der Waals surface area contributed by atoms with Crippen molar-refractivity contribution in [1.82, 2.24) is 5.32 Å². The van der Waals surface area contributed by atoms with Crippen LogP contribution in [0, 0.1) is 5.92 Å². The number of amides is 1. The molecule has 2 rings (SSSR count). The molecule has 0 bridgehead atoms. The molecular weight excluding hydrogens is 371 g/mol. The zero-order valence-electron chi connectivity index (χ0n) is 13.6. The molecule has 134 valence electrons. The van der Waals surface area contributed by atoms with E-state index in [0.717, 1.165) is 31.9 Å². The summed E-state index contributed by atoms with van der Waals surface area (Å²) in [4.78, 5) is 12.2. The second-order valence-corrected chi connectivity index (χ2v) is 8.81. The third-order valence-electron chi connectivity index (χ3n) is 4.17. The van der Waals surface area contributed by atoms with Crippen molar-refractivity contribution < 1.29 is 13.2 Å². The summed E-state index contributed by atoms with van der Waals surface area (Å²) < 4.78 is 25.3. The Kier molecular flexibility index (Phi) is 6.78. The molecule has 0 spiro atoms. The lowest BCUT2D eigenvalue weighted by atomic mass is 9.89. The van der Waals surface area contributed by atoms with Gasteiger partial charge >= 0.3 is 0 Å². The first-order valence-corrected chi connectivity index (χ1v) is 10.6. The number of halogens is 2. The van der Waals surface area contributed by atoms with Gasteiger partial charge in [0.1, 0.15) is 0 Å². The van der Waals surface area contributed by atoms with E-state index in [1.54, 1.807) is 12.1 Å². The Bertz CT molecular complexity index is 689. The van der Waals surface area contributed by atoms with Crippen molar-refractivity contribution in [3.8, 4) is 0 Å². The van der Waals surface area contributed by atoms with Crippen molar-refractivity contribution >= 4 is 44.8 Å². The van der Waals surface area contributed by atoms with Gasteiger partial charge in [0.2, 0.25) is 15.9 Å². The van der Waals surface area contributed by atoms with E-state index < -0.39 is 10.0 Å².